The van der Waals surface area contributed by atoms with E-state index in [4.69, 9.17) is 4.74 Å². The van der Waals surface area contributed by atoms with Gasteiger partial charge in [-0.15, -0.1) is 0 Å². The second kappa shape index (κ2) is 9.62. The van der Waals surface area contributed by atoms with Crippen LogP contribution in [0.2, 0.25) is 0 Å². The predicted molar refractivity (Wildman–Crippen MR) is 131 cm³/mol. The molecule has 7 heteroatoms. The topological polar surface area (TPSA) is 79.0 Å². The van der Waals surface area contributed by atoms with Crippen LogP contribution in [0.5, 0.6) is 5.75 Å². The number of hydrogen-bond acceptors (Lipinski definition) is 5. The highest BCUT2D eigenvalue weighted by atomic mass is 16.5. The first kappa shape index (κ1) is 22.8. The lowest BCUT2D eigenvalue weighted by Crippen LogP contribution is -2.34. The number of benzene rings is 3. The molecular formula is C27H25N3O4. The molecule has 0 aromatic heterocycles. The van der Waals surface area contributed by atoms with Crippen molar-refractivity contribution in [2.75, 3.05) is 24.4 Å². The minimum absolute atomic E-state index is 0.200. The number of nitrogens with zero attached hydrogens (tertiary/aromatic N) is 2. The third kappa shape index (κ3) is 4.54. The van der Waals surface area contributed by atoms with Crippen molar-refractivity contribution in [3.8, 4) is 5.75 Å². The van der Waals surface area contributed by atoms with E-state index in [0.717, 1.165) is 5.56 Å². The molecule has 0 radical (unpaired) electrons. The number of hydrogen-bond donors (Lipinski definition) is 1. The lowest BCUT2D eigenvalue weighted by Gasteiger charge is -2.21. The van der Waals surface area contributed by atoms with Crippen LogP contribution >= 0.6 is 0 Å². The van der Waals surface area contributed by atoms with Crippen LogP contribution in [0.3, 0.4) is 0 Å². The molecule has 0 saturated heterocycles. The third-order valence-corrected chi connectivity index (χ3v) is 5.53. The smallest absolute Gasteiger partial charge is 0.282 e. The van der Waals surface area contributed by atoms with Crippen LogP contribution in [-0.2, 0) is 20.9 Å². The van der Waals surface area contributed by atoms with Gasteiger partial charge in [0.15, 0.2) is 0 Å². The van der Waals surface area contributed by atoms with Gasteiger partial charge in [0, 0.05) is 26.2 Å². The van der Waals surface area contributed by atoms with Crippen LogP contribution in [0.25, 0.3) is 5.57 Å². The summed E-state index contributed by atoms with van der Waals surface area (Å²) in [6.45, 7) is 1.88. The molecule has 7 nitrogen and oxygen atoms in total. The summed E-state index contributed by atoms with van der Waals surface area (Å²) in [5.41, 5.74) is 3.32. The fourth-order valence-corrected chi connectivity index (χ4v) is 3.96. The van der Waals surface area contributed by atoms with Crippen LogP contribution in [0.1, 0.15) is 18.1 Å². The summed E-state index contributed by atoms with van der Waals surface area (Å²) in [4.78, 5) is 41.6. The number of anilines is 2. The fraction of sp³-hybridized carbons (Fsp3) is 0.148. The van der Waals surface area contributed by atoms with Crippen molar-refractivity contribution in [2.45, 2.75) is 13.5 Å². The lowest BCUT2D eigenvalue weighted by atomic mass is 10.0. The molecule has 3 aromatic carbocycles. The first-order valence-electron chi connectivity index (χ1n) is 10.8. The second-order valence-corrected chi connectivity index (χ2v) is 7.97. The molecule has 1 aliphatic rings. The van der Waals surface area contributed by atoms with E-state index < -0.39 is 11.8 Å². The Morgan fingerprint density at radius 2 is 1.56 bits per heavy atom. The number of carbonyl (C=O) groups is 3. The molecule has 0 fully saturated rings. The van der Waals surface area contributed by atoms with E-state index in [0.29, 0.717) is 40.5 Å². The zero-order valence-electron chi connectivity index (χ0n) is 19.2. The Morgan fingerprint density at radius 3 is 2.15 bits per heavy atom. The Morgan fingerprint density at radius 1 is 0.912 bits per heavy atom. The van der Waals surface area contributed by atoms with Crippen molar-refractivity contribution in [3.63, 3.8) is 0 Å². The van der Waals surface area contributed by atoms with Crippen LogP contribution in [0.15, 0.2) is 84.6 Å². The van der Waals surface area contributed by atoms with E-state index in [-0.39, 0.29) is 5.91 Å². The summed E-state index contributed by atoms with van der Waals surface area (Å²) in [5, 5.41) is 2.69. The highest BCUT2D eigenvalue weighted by Gasteiger charge is 2.41. The van der Waals surface area contributed by atoms with Crippen LogP contribution in [-0.4, -0.2) is 36.8 Å². The average Bonchev–Trinajstić information content (AvgIpc) is 3.10. The molecule has 0 atom stereocenters. The largest absolute Gasteiger partial charge is 0.497 e. The Hall–Kier alpha value is -4.39. The first-order valence-corrected chi connectivity index (χ1v) is 10.8. The molecule has 4 rings (SSSR count). The van der Waals surface area contributed by atoms with E-state index >= 15 is 0 Å². The minimum Gasteiger partial charge on any atom is -0.497 e. The maximum absolute atomic E-state index is 13.6. The van der Waals surface area contributed by atoms with Gasteiger partial charge in [-0.1, -0.05) is 42.5 Å². The molecule has 0 saturated carbocycles. The number of imide groups is 1. The Labute approximate surface area is 198 Å². The van der Waals surface area contributed by atoms with Crippen molar-refractivity contribution < 1.29 is 19.1 Å². The van der Waals surface area contributed by atoms with Crippen molar-refractivity contribution in [3.05, 3.63) is 95.7 Å². The van der Waals surface area contributed by atoms with Gasteiger partial charge in [-0.3, -0.25) is 14.4 Å². The van der Waals surface area contributed by atoms with Gasteiger partial charge >= 0.3 is 0 Å². The van der Waals surface area contributed by atoms with Crippen molar-refractivity contribution in [1.29, 1.82) is 0 Å². The number of nitrogens with one attached hydrogen (secondary N) is 1. The van der Waals surface area contributed by atoms with Gasteiger partial charge < -0.3 is 15.0 Å². The van der Waals surface area contributed by atoms with Gasteiger partial charge in [-0.25, -0.2) is 4.90 Å². The highest BCUT2D eigenvalue weighted by Crippen LogP contribution is 2.35. The molecule has 0 unspecified atom stereocenters. The molecule has 1 heterocycles. The monoisotopic (exact) mass is 455 g/mol. The van der Waals surface area contributed by atoms with E-state index in [1.54, 1.807) is 67.6 Å². The summed E-state index contributed by atoms with van der Waals surface area (Å²) in [6, 6.07) is 23.5. The normalized spacial score (nSPS) is 13.3. The zero-order valence-corrected chi connectivity index (χ0v) is 19.2. The van der Waals surface area contributed by atoms with Gasteiger partial charge in [0.1, 0.15) is 11.4 Å². The molecule has 34 heavy (non-hydrogen) atoms. The molecule has 0 bridgehead atoms. The molecule has 3 aromatic rings. The maximum Gasteiger partial charge on any atom is 0.282 e. The standard InChI is InChI=1S/C27H25N3O4/c1-18(31)28-21-11-13-22(14-12-21)30-26(32)24(20-9-15-23(34-3)16-10-20)25(27(30)33)29(2)17-19-7-5-4-6-8-19/h4-16H,17H2,1-3H3,(H,28,31). The molecule has 3 amide bonds. The van der Waals surface area contributed by atoms with E-state index in [9.17, 15) is 14.4 Å². The van der Waals surface area contributed by atoms with Crippen molar-refractivity contribution in [2.24, 2.45) is 0 Å². The summed E-state index contributed by atoms with van der Waals surface area (Å²) < 4.78 is 5.24. The van der Waals surface area contributed by atoms with Gasteiger partial charge in [0.05, 0.1) is 18.4 Å². The Kier molecular flexibility index (Phi) is 6.45. The number of ether oxygens (including phenoxy) is 1. The SMILES string of the molecule is COc1ccc(C2=C(N(C)Cc3ccccc3)C(=O)N(c3ccc(NC(C)=O)cc3)C2=O)cc1. The molecule has 1 aliphatic heterocycles. The van der Waals surface area contributed by atoms with Gasteiger partial charge in [0.25, 0.3) is 11.8 Å². The molecular weight excluding hydrogens is 430 g/mol. The number of amides is 3. The first-order chi connectivity index (χ1) is 16.4. The van der Waals surface area contributed by atoms with Gasteiger partial charge in [-0.05, 0) is 47.5 Å². The molecule has 0 spiro atoms. The van der Waals surface area contributed by atoms with Crippen LogP contribution < -0.4 is 15.0 Å². The number of methoxy groups -OCH3 is 1. The highest BCUT2D eigenvalue weighted by molar-refractivity contribution is 6.45. The predicted octanol–water partition coefficient (Wildman–Crippen LogP) is 4.07. The average molecular weight is 456 g/mol. The van der Waals surface area contributed by atoms with E-state index in [1.807, 2.05) is 30.3 Å². The van der Waals surface area contributed by atoms with Gasteiger partial charge in [-0.2, -0.15) is 0 Å². The summed E-state index contributed by atoms with van der Waals surface area (Å²) in [7, 11) is 3.38. The molecule has 172 valence electrons. The minimum atomic E-state index is -0.405. The maximum atomic E-state index is 13.6. The van der Waals surface area contributed by atoms with Crippen molar-refractivity contribution in [1.82, 2.24) is 4.90 Å². The summed E-state index contributed by atoms with van der Waals surface area (Å²) in [5.74, 6) is -0.348. The third-order valence-electron chi connectivity index (χ3n) is 5.53. The van der Waals surface area contributed by atoms with E-state index in [2.05, 4.69) is 5.32 Å². The number of rotatable bonds is 7. The quantitative estimate of drug-likeness (QED) is 0.544. The Balaban J connectivity index is 1.74. The van der Waals surface area contributed by atoms with Crippen LogP contribution in [0.4, 0.5) is 11.4 Å². The van der Waals surface area contributed by atoms with Gasteiger partial charge in [0.2, 0.25) is 5.91 Å². The fourth-order valence-electron chi connectivity index (χ4n) is 3.96. The lowest BCUT2D eigenvalue weighted by molar-refractivity contribution is -0.120. The molecule has 1 N–H and O–H groups in total. The number of likely N-dealkylation sites (N-methyl/N-ethyl adjacent to an activating group) is 1. The zero-order chi connectivity index (χ0) is 24.2. The summed E-state index contributed by atoms with van der Waals surface area (Å²) >= 11 is 0. The summed E-state index contributed by atoms with van der Waals surface area (Å²) in [6.07, 6.45) is 0. The number of carbonyl (C=O) groups excluding carboxylic acids is 3. The van der Waals surface area contributed by atoms with E-state index in [1.165, 1.54) is 11.8 Å². The Bertz CT molecular complexity index is 1250. The van der Waals surface area contributed by atoms with Crippen LogP contribution in [0, 0.1) is 0 Å². The van der Waals surface area contributed by atoms with Crippen molar-refractivity contribution >= 4 is 34.7 Å². The molecule has 0 aliphatic carbocycles. The second-order valence-electron chi connectivity index (χ2n) is 7.97.